The number of halogens is 3. The van der Waals surface area contributed by atoms with E-state index in [9.17, 15) is 18.4 Å². The van der Waals surface area contributed by atoms with Crippen molar-refractivity contribution in [2.24, 2.45) is 0 Å². The molecule has 0 spiro atoms. The molecular weight excluding hydrogens is 418 g/mol. The number of carboxylic acid groups (broad SMARTS) is 1. The molecule has 3 rings (SSSR count). The molecule has 0 bridgehead atoms. The zero-order valence-electron chi connectivity index (χ0n) is 15.5. The van der Waals surface area contributed by atoms with Gasteiger partial charge in [0.05, 0.1) is 22.8 Å². The molecule has 6 nitrogen and oxygen atoms in total. The zero-order valence-corrected chi connectivity index (χ0v) is 16.3. The van der Waals surface area contributed by atoms with Gasteiger partial charge in [0.2, 0.25) is 5.88 Å². The number of carbonyl (C=O) groups excluding carboxylic acids is 1. The average molecular weight is 433 g/mol. The minimum atomic E-state index is -1.06. The summed E-state index contributed by atoms with van der Waals surface area (Å²) in [6.07, 6.45) is 0.873. The Hall–Kier alpha value is -3.52. The van der Waals surface area contributed by atoms with Gasteiger partial charge >= 0.3 is 5.97 Å². The van der Waals surface area contributed by atoms with Gasteiger partial charge in [-0.3, -0.25) is 4.79 Å². The third-order valence-corrected chi connectivity index (χ3v) is 4.46. The number of aromatic nitrogens is 1. The molecular formula is C21H15ClF2N2O4. The van der Waals surface area contributed by atoms with Crippen molar-refractivity contribution in [3.63, 3.8) is 0 Å². The molecule has 0 saturated carbocycles. The fourth-order valence-corrected chi connectivity index (χ4v) is 2.81. The second-order valence-electron chi connectivity index (χ2n) is 6.31. The minimum absolute atomic E-state index is 0.0422. The van der Waals surface area contributed by atoms with E-state index in [1.165, 1.54) is 18.2 Å². The van der Waals surface area contributed by atoms with Crippen LogP contribution in [0.1, 0.15) is 39.2 Å². The van der Waals surface area contributed by atoms with E-state index in [1.54, 1.807) is 19.1 Å². The van der Waals surface area contributed by atoms with Crippen molar-refractivity contribution in [1.82, 2.24) is 10.3 Å². The number of nitrogens with zero attached hydrogens (tertiary/aromatic N) is 1. The van der Waals surface area contributed by atoms with Crippen LogP contribution in [-0.2, 0) is 0 Å². The van der Waals surface area contributed by atoms with Crippen LogP contribution in [0.3, 0.4) is 0 Å². The number of nitrogens with one attached hydrogen (secondary N) is 1. The second kappa shape index (κ2) is 8.87. The maximum atomic E-state index is 13.7. The van der Waals surface area contributed by atoms with Crippen LogP contribution in [0.15, 0.2) is 54.7 Å². The standard InChI is InChI=1S/C21H15ClF2N2O4/c1-11(12-2-4-13(5-3-12)21(28)29)26-19(27)16-8-15(24)10-25-20(16)30-18-7-6-14(23)9-17(18)22/h2-11H,1H3,(H,26,27)(H,28,29)/t11-/m0/s1. The number of carboxylic acids is 1. The first-order valence-electron chi connectivity index (χ1n) is 8.67. The van der Waals surface area contributed by atoms with E-state index in [0.717, 1.165) is 24.4 Å². The Labute approximate surface area is 175 Å². The first-order valence-corrected chi connectivity index (χ1v) is 9.05. The summed E-state index contributed by atoms with van der Waals surface area (Å²) in [6, 6.07) is 9.79. The highest BCUT2D eigenvalue weighted by Crippen LogP contribution is 2.31. The summed E-state index contributed by atoms with van der Waals surface area (Å²) in [7, 11) is 0. The molecule has 9 heteroatoms. The molecule has 1 amide bonds. The Kier molecular flexibility index (Phi) is 6.27. The highest BCUT2D eigenvalue weighted by Gasteiger charge is 2.20. The smallest absolute Gasteiger partial charge is 0.335 e. The van der Waals surface area contributed by atoms with Crippen molar-refractivity contribution in [1.29, 1.82) is 0 Å². The number of benzene rings is 2. The van der Waals surface area contributed by atoms with E-state index in [0.29, 0.717) is 5.56 Å². The number of amides is 1. The van der Waals surface area contributed by atoms with Crippen molar-refractivity contribution >= 4 is 23.5 Å². The predicted molar refractivity (Wildman–Crippen MR) is 105 cm³/mol. The normalized spacial score (nSPS) is 11.6. The lowest BCUT2D eigenvalue weighted by Crippen LogP contribution is -2.27. The molecule has 0 saturated heterocycles. The summed E-state index contributed by atoms with van der Waals surface area (Å²) in [6.45, 7) is 1.68. The minimum Gasteiger partial charge on any atom is -0.478 e. The Morgan fingerprint density at radius 1 is 1.10 bits per heavy atom. The largest absolute Gasteiger partial charge is 0.478 e. The summed E-state index contributed by atoms with van der Waals surface area (Å²) in [4.78, 5) is 27.5. The van der Waals surface area contributed by atoms with Gasteiger partial charge in [-0.2, -0.15) is 0 Å². The van der Waals surface area contributed by atoms with E-state index in [1.807, 2.05) is 0 Å². The van der Waals surface area contributed by atoms with Crippen molar-refractivity contribution in [2.45, 2.75) is 13.0 Å². The Bertz CT molecular complexity index is 1110. The SMILES string of the molecule is C[C@H](NC(=O)c1cc(F)cnc1Oc1ccc(F)cc1Cl)c1ccc(C(=O)O)cc1. The topological polar surface area (TPSA) is 88.5 Å². The van der Waals surface area contributed by atoms with Crippen LogP contribution in [0.25, 0.3) is 0 Å². The van der Waals surface area contributed by atoms with Crippen LogP contribution in [0.4, 0.5) is 8.78 Å². The van der Waals surface area contributed by atoms with Crippen LogP contribution < -0.4 is 10.1 Å². The molecule has 0 unspecified atom stereocenters. The fourth-order valence-electron chi connectivity index (χ4n) is 2.60. The molecule has 1 aromatic heterocycles. The number of pyridine rings is 1. The van der Waals surface area contributed by atoms with E-state index in [2.05, 4.69) is 10.3 Å². The van der Waals surface area contributed by atoms with Crippen LogP contribution in [-0.4, -0.2) is 22.0 Å². The van der Waals surface area contributed by atoms with Gasteiger partial charge < -0.3 is 15.2 Å². The van der Waals surface area contributed by atoms with Crippen LogP contribution in [0, 0.1) is 11.6 Å². The highest BCUT2D eigenvalue weighted by molar-refractivity contribution is 6.32. The summed E-state index contributed by atoms with van der Waals surface area (Å²) in [5.74, 6) is -3.23. The number of aromatic carboxylic acids is 1. The number of rotatable bonds is 6. The number of ether oxygens (including phenoxy) is 1. The lowest BCUT2D eigenvalue weighted by Gasteiger charge is -2.16. The maximum Gasteiger partial charge on any atom is 0.335 e. The van der Waals surface area contributed by atoms with Crippen molar-refractivity contribution in [3.05, 3.63) is 88.1 Å². The summed E-state index contributed by atoms with van der Waals surface area (Å²) >= 11 is 5.93. The molecule has 0 aliphatic carbocycles. The van der Waals surface area contributed by atoms with Gasteiger partial charge in [-0.05, 0) is 48.9 Å². The quantitative estimate of drug-likeness (QED) is 0.572. The molecule has 0 radical (unpaired) electrons. The fraction of sp³-hybridized carbons (Fsp3) is 0.0952. The van der Waals surface area contributed by atoms with Gasteiger partial charge in [0.15, 0.2) is 0 Å². The molecule has 0 aliphatic heterocycles. The Morgan fingerprint density at radius 3 is 2.43 bits per heavy atom. The Balaban J connectivity index is 1.82. The predicted octanol–water partition coefficient (Wildman–Crippen LogP) is 4.99. The molecule has 30 heavy (non-hydrogen) atoms. The van der Waals surface area contributed by atoms with E-state index >= 15 is 0 Å². The summed E-state index contributed by atoms with van der Waals surface area (Å²) in [5.41, 5.74) is 0.560. The van der Waals surface area contributed by atoms with Crippen molar-refractivity contribution < 1.29 is 28.2 Å². The second-order valence-corrected chi connectivity index (χ2v) is 6.71. The first-order chi connectivity index (χ1) is 14.2. The van der Waals surface area contributed by atoms with Crippen LogP contribution in [0.2, 0.25) is 5.02 Å². The average Bonchev–Trinajstić information content (AvgIpc) is 2.71. The lowest BCUT2D eigenvalue weighted by molar-refractivity contribution is 0.0696. The molecule has 2 aromatic carbocycles. The molecule has 0 aliphatic rings. The van der Waals surface area contributed by atoms with Gasteiger partial charge in [0.1, 0.15) is 22.9 Å². The third kappa shape index (κ3) is 4.90. The molecule has 0 fully saturated rings. The number of hydrogen-bond acceptors (Lipinski definition) is 4. The van der Waals surface area contributed by atoms with Gasteiger partial charge in [-0.25, -0.2) is 18.6 Å². The van der Waals surface area contributed by atoms with Crippen molar-refractivity contribution in [2.75, 3.05) is 0 Å². The lowest BCUT2D eigenvalue weighted by atomic mass is 10.1. The van der Waals surface area contributed by atoms with Crippen LogP contribution in [0.5, 0.6) is 11.6 Å². The molecule has 3 aromatic rings. The van der Waals surface area contributed by atoms with Crippen LogP contribution >= 0.6 is 11.6 Å². The monoisotopic (exact) mass is 432 g/mol. The maximum absolute atomic E-state index is 13.7. The molecule has 154 valence electrons. The Morgan fingerprint density at radius 2 is 1.80 bits per heavy atom. The van der Waals surface area contributed by atoms with E-state index in [-0.39, 0.29) is 27.8 Å². The van der Waals surface area contributed by atoms with Gasteiger partial charge in [0.25, 0.3) is 5.91 Å². The van der Waals surface area contributed by atoms with E-state index < -0.39 is 29.6 Å². The van der Waals surface area contributed by atoms with Crippen molar-refractivity contribution in [3.8, 4) is 11.6 Å². The number of carbonyl (C=O) groups is 2. The molecule has 1 heterocycles. The van der Waals surface area contributed by atoms with E-state index in [4.69, 9.17) is 21.4 Å². The zero-order chi connectivity index (χ0) is 21.8. The number of hydrogen-bond donors (Lipinski definition) is 2. The third-order valence-electron chi connectivity index (χ3n) is 4.17. The van der Waals surface area contributed by atoms with Gasteiger partial charge in [0, 0.05) is 0 Å². The summed E-state index contributed by atoms with van der Waals surface area (Å²) < 4.78 is 32.4. The van der Waals surface area contributed by atoms with Gasteiger partial charge in [-0.15, -0.1) is 0 Å². The molecule has 1 atom stereocenters. The summed E-state index contributed by atoms with van der Waals surface area (Å²) in [5, 5.41) is 11.6. The molecule has 2 N–H and O–H groups in total. The van der Waals surface area contributed by atoms with Gasteiger partial charge in [-0.1, -0.05) is 23.7 Å². The highest BCUT2D eigenvalue weighted by atomic mass is 35.5. The first kappa shape index (κ1) is 21.2.